The molecule has 3 heterocycles. The lowest BCUT2D eigenvalue weighted by Gasteiger charge is -2.42. The van der Waals surface area contributed by atoms with Crippen LogP contribution in [0.3, 0.4) is 0 Å². The lowest BCUT2D eigenvalue weighted by atomic mass is 9.97. The van der Waals surface area contributed by atoms with E-state index in [0.717, 1.165) is 55.8 Å². The quantitative estimate of drug-likeness (QED) is 0.430. The number of nitrogens with one attached hydrogen (secondary N) is 1. The number of anilines is 2. The van der Waals surface area contributed by atoms with Gasteiger partial charge in [-0.3, -0.25) is 9.21 Å². The van der Waals surface area contributed by atoms with E-state index in [4.69, 9.17) is 0 Å². The Morgan fingerprint density at radius 1 is 0.861 bits per heavy atom. The van der Waals surface area contributed by atoms with Crippen LogP contribution in [0.25, 0.3) is 10.9 Å². The molecule has 8 heteroatoms. The van der Waals surface area contributed by atoms with Crippen molar-refractivity contribution in [1.82, 2.24) is 9.88 Å². The number of nitrogens with zero attached hydrogens (tertiary/aromatic N) is 3. The predicted octanol–water partition coefficient (Wildman–Crippen LogP) is 4.64. The van der Waals surface area contributed by atoms with E-state index in [1.54, 1.807) is 4.31 Å². The molecule has 36 heavy (non-hydrogen) atoms. The number of aromatic amines is 1. The summed E-state index contributed by atoms with van der Waals surface area (Å²) in [5.41, 5.74) is 4.14. The number of piperazine rings is 1. The van der Waals surface area contributed by atoms with Crippen LogP contribution in [-0.4, -0.2) is 57.1 Å². The Bertz CT molecular complexity index is 1480. The van der Waals surface area contributed by atoms with E-state index in [-0.39, 0.29) is 10.9 Å². The molecule has 6 rings (SSSR count). The first kappa shape index (κ1) is 23.1. The molecule has 0 bridgehead atoms. The standard InChI is InChI=1S/C28H29FN4O2S/c29-22-9-12-24(13-10-22)36(34,35)33-23(11-8-21-4-1-2-6-27(21)33)20-31-16-18-32(19-17-31)28-7-3-5-26-25(28)14-15-30-26/h1-7,9-10,12-15,23,30H,8,11,16-20H2. The van der Waals surface area contributed by atoms with Gasteiger partial charge in [-0.2, -0.15) is 0 Å². The van der Waals surface area contributed by atoms with Crippen molar-refractivity contribution < 1.29 is 12.8 Å². The molecule has 1 fully saturated rings. The minimum absolute atomic E-state index is 0.120. The summed E-state index contributed by atoms with van der Waals surface area (Å²) in [6, 6.07) is 21.1. The van der Waals surface area contributed by atoms with Crippen molar-refractivity contribution in [3.8, 4) is 0 Å². The van der Waals surface area contributed by atoms with Crippen molar-refractivity contribution in [2.45, 2.75) is 23.8 Å². The van der Waals surface area contributed by atoms with Gasteiger partial charge in [-0.1, -0.05) is 24.3 Å². The van der Waals surface area contributed by atoms with Gasteiger partial charge in [0.15, 0.2) is 0 Å². The summed E-state index contributed by atoms with van der Waals surface area (Å²) in [7, 11) is -3.84. The minimum atomic E-state index is -3.84. The number of hydrogen-bond acceptors (Lipinski definition) is 4. The Balaban J connectivity index is 1.23. The average molecular weight is 505 g/mol. The molecule has 1 saturated heterocycles. The maximum Gasteiger partial charge on any atom is 0.264 e. The monoisotopic (exact) mass is 504 g/mol. The second kappa shape index (κ2) is 9.26. The number of para-hydroxylation sites is 1. The summed E-state index contributed by atoms with van der Waals surface area (Å²) in [5, 5.41) is 1.23. The van der Waals surface area contributed by atoms with E-state index >= 15 is 0 Å². The molecule has 2 aliphatic heterocycles. The van der Waals surface area contributed by atoms with Gasteiger partial charge in [0.25, 0.3) is 10.0 Å². The van der Waals surface area contributed by atoms with E-state index in [1.165, 1.54) is 35.3 Å². The van der Waals surface area contributed by atoms with Gasteiger partial charge in [0.05, 0.1) is 16.6 Å². The van der Waals surface area contributed by atoms with Crippen molar-refractivity contribution in [3.05, 3.63) is 90.4 Å². The smallest absolute Gasteiger partial charge is 0.264 e. The highest BCUT2D eigenvalue weighted by Gasteiger charge is 2.37. The Labute approximate surface area is 211 Å². The zero-order chi connectivity index (χ0) is 24.7. The first-order chi connectivity index (χ1) is 17.5. The van der Waals surface area contributed by atoms with Gasteiger partial charge in [0.2, 0.25) is 0 Å². The average Bonchev–Trinajstić information content (AvgIpc) is 3.38. The fourth-order valence-electron chi connectivity index (χ4n) is 5.60. The van der Waals surface area contributed by atoms with Crippen molar-refractivity contribution in [3.63, 3.8) is 0 Å². The molecule has 1 atom stereocenters. The van der Waals surface area contributed by atoms with Crippen molar-refractivity contribution in [1.29, 1.82) is 0 Å². The number of hydrogen-bond donors (Lipinski definition) is 1. The van der Waals surface area contributed by atoms with E-state index in [0.29, 0.717) is 6.54 Å². The molecule has 0 saturated carbocycles. The molecule has 0 amide bonds. The summed E-state index contributed by atoms with van der Waals surface area (Å²) >= 11 is 0. The number of sulfonamides is 1. The normalized spacial score (nSPS) is 19.0. The fraction of sp³-hybridized carbons (Fsp3) is 0.286. The maximum absolute atomic E-state index is 13.8. The summed E-state index contributed by atoms with van der Waals surface area (Å²) in [6.07, 6.45) is 3.56. The number of rotatable bonds is 5. The number of halogens is 1. The zero-order valence-electron chi connectivity index (χ0n) is 20.0. The van der Waals surface area contributed by atoms with Crippen LogP contribution in [0.15, 0.2) is 83.9 Å². The van der Waals surface area contributed by atoms with Crippen molar-refractivity contribution in [2.24, 2.45) is 0 Å². The lowest BCUT2D eigenvalue weighted by Crippen LogP contribution is -2.54. The number of benzene rings is 3. The first-order valence-electron chi connectivity index (χ1n) is 12.4. The van der Waals surface area contributed by atoms with Crippen molar-refractivity contribution >= 4 is 32.3 Å². The van der Waals surface area contributed by atoms with Crippen LogP contribution < -0.4 is 9.21 Å². The molecule has 4 aromatic rings. The second-order valence-electron chi connectivity index (χ2n) is 9.58. The van der Waals surface area contributed by atoms with Crippen molar-refractivity contribution in [2.75, 3.05) is 41.9 Å². The SMILES string of the molecule is O=S(=O)(c1ccc(F)cc1)N1c2ccccc2CCC1CN1CCN(c2cccc3[nH]ccc23)CC1. The van der Waals surface area contributed by atoms with Gasteiger partial charge in [-0.15, -0.1) is 0 Å². The van der Waals surface area contributed by atoms with Crippen LogP contribution in [0.1, 0.15) is 12.0 Å². The number of H-pyrrole nitrogens is 1. The molecule has 6 nitrogen and oxygen atoms in total. The van der Waals surface area contributed by atoms with Gasteiger partial charge >= 0.3 is 0 Å². The Morgan fingerprint density at radius 3 is 2.42 bits per heavy atom. The Hall–Kier alpha value is -3.36. The third-order valence-electron chi connectivity index (χ3n) is 7.43. The summed E-state index contributed by atoms with van der Waals surface area (Å²) in [4.78, 5) is 8.19. The molecule has 1 aromatic heterocycles. The van der Waals surface area contributed by atoms with Gasteiger partial charge < -0.3 is 9.88 Å². The van der Waals surface area contributed by atoms with E-state index in [9.17, 15) is 12.8 Å². The van der Waals surface area contributed by atoms with Crippen LogP contribution in [0, 0.1) is 5.82 Å². The molecule has 186 valence electrons. The molecule has 0 radical (unpaired) electrons. The van der Waals surface area contributed by atoms with Crippen LogP contribution in [0.5, 0.6) is 0 Å². The molecule has 0 aliphatic carbocycles. The number of fused-ring (bicyclic) bond motifs is 2. The maximum atomic E-state index is 13.8. The third-order valence-corrected chi connectivity index (χ3v) is 9.31. The summed E-state index contributed by atoms with van der Waals surface area (Å²) in [5.74, 6) is -0.447. The highest BCUT2D eigenvalue weighted by atomic mass is 32.2. The zero-order valence-corrected chi connectivity index (χ0v) is 20.8. The molecule has 0 spiro atoms. The fourth-order valence-corrected chi connectivity index (χ4v) is 7.31. The lowest BCUT2D eigenvalue weighted by molar-refractivity contribution is 0.238. The van der Waals surface area contributed by atoms with E-state index in [1.807, 2.05) is 30.5 Å². The molecule has 1 N–H and O–H groups in total. The number of aromatic nitrogens is 1. The van der Waals surface area contributed by atoms with Crippen LogP contribution >= 0.6 is 0 Å². The minimum Gasteiger partial charge on any atom is -0.368 e. The Kier molecular flexibility index (Phi) is 5.93. The Morgan fingerprint density at radius 2 is 1.61 bits per heavy atom. The van der Waals surface area contributed by atoms with Crippen LogP contribution in [0.4, 0.5) is 15.8 Å². The van der Waals surface area contributed by atoms with E-state index in [2.05, 4.69) is 39.0 Å². The first-order valence-corrected chi connectivity index (χ1v) is 13.9. The molecule has 2 aliphatic rings. The summed E-state index contributed by atoms with van der Waals surface area (Å²) in [6.45, 7) is 4.17. The molecule has 1 unspecified atom stereocenters. The topological polar surface area (TPSA) is 59.7 Å². The largest absolute Gasteiger partial charge is 0.368 e. The van der Waals surface area contributed by atoms with Gasteiger partial charge in [-0.25, -0.2) is 12.8 Å². The molecular formula is C28H29FN4O2S. The molecule has 3 aromatic carbocycles. The van der Waals surface area contributed by atoms with Gasteiger partial charge in [-0.05, 0) is 66.9 Å². The van der Waals surface area contributed by atoms with E-state index < -0.39 is 15.8 Å². The van der Waals surface area contributed by atoms with Gasteiger partial charge in [0.1, 0.15) is 5.82 Å². The van der Waals surface area contributed by atoms with Crippen LogP contribution in [-0.2, 0) is 16.4 Å². The highest BCUT2D eigenvalue weighted by Crippen LogP contribution is 2.36. The highest BCUT2D eigenvalue weighted by molar-refractivity contribution is 7.92. The third kappa shape index (κ3) is 4.14. The number of aryl methyl sites for hydroxylation is 1. The van der Waals surface area contributed by atoms with Crippen LogP contribution in [0.2, 0.25) is 0 Å². The molecular weight excluding hydrogens is 475 g/mol. The predicted molar refractivity (Wildman–Crippen MR) is 142 cm³/mol. The van der Waals surface area contributed by atoms with Gasteiger partial charge in [0, 0.05) is 55.5 Å². The summed E-state index contributed by atoms with van der Waals surface area (Å²) < 4.78 is 42.8. The second-order valence-corrected chi connectivity index (χ2v) is 11.4.